The second-order valence-corrected chi connectivity index (χ2v) is 9.18. The zero-order chi connectivity index (χ0) is 26.7. The second kappa shape index (κ2) is 10.8. The van der Waals surface area contributed by atoms with Gasteiger partial charge in [0, 0.05) is 11.8 Å². The Morgan fingerprint density at radius 1 is 1.11 bits per heavy atom. The number of nitrogens with zero attached hydrogens (tertiary/aromatic N) is 3. The second-order valence-electron chi connectivity index (χ2n) is 9.18. The van der Waals surface area contributed by atoms with Gasteiger partial charge in [0.15, 0.2) is 5.69 Å². The molecule has 1 aliphatic rings. The molecule has 4 rings (SSSR count). The summed E-state index contributed by atoms with van der Waals surface area (Å²) in [5, 5.41) is 4.02. The van der Waals surface area contributed by atoms with E-state index in [1.54, 1.807) is 13.0 Å². The van der Waals surface area contributed by atoms with Crippen molar-refractivity contribution in [2.24, 2.45) is 0 Å². The zero-order valence-corrected chi connectivity index (χ0v) is 20.5. The molecule has 1 fully saturated rings. The summed E-state index contributed by atoms with van der Waals surface area (Å²) < 4.78 is 60.9. The van der Waals surface area contributed by atoms with Gasteiger partial charge in [0.1, 0.15) is 5.82 Å². The van der Waals surface area contributed by atoms with Crippen molar-refractivity contribution in [1.29, 1.82) is 0 Å². The molecule has 2 aromatic heterocycles. The zero-order valence-electron chi connectivity index (χ0n) is 20.5. The van der Waals surface area contributed by atoms with Crippen LogP contribution in [0.2, 0.25) is 0 Å². The number of hydrogen-bond donors (Lipinski definition) is 0. The number of hydrogen-bond acceptors (Lipinski definition) is 5. The summed E-state index contributed by atoms with van der Waals surface area (Å²) >= 11 is 0. The number of pyridine rings is 1. The summed E-state index contributed by atoms with van der Waals surface area (Å²) in [5.74, 6) is -1.29. The fourth-order valence-corrected chi connectivity index (χ4v) is 5.09. The van der Waals surface area contributed by atoms with Gasteiger partial charge in [0.05, 0.1) is 24.4 Å². The molecule has 10 heteroatoms. The van der Waals surface area contributed by atoms with Gasteiger partial charge >= 0.3 is 12.1 Å². The standard InChI is InChI=1S/C27H27F4N3O3/c1-3-37-26(36)22-14-19(17-9-11-18(12-10-17)24-16(2)6-4-8-21(24)28)25(35)34(33-22)15-23-20(27(29,30)31)7-5-13-32-23/h4-8,13-14,17-18H,3,9-12,15H2,1-2H3. The molecule has 1 aromatic carbocycles. The number of carbonyl (C=O) groups is 1. The molecular formula is C27H27F4N3O3. The average Bonchev–Trinajstić information content (AvgIpc) is 2.85. The monoisotopic (exact) mass is 517 g/mol. The largest absolute Gasteiger partial charge is 0.461 e. The average molecular weight is 518 g/mol. The van der Waals surface area contributed by atoms with Crippen LogP contribution >= 0.6 is 0 Å². The highest BCUT2D eigenvalue weighted by molar-refractivity contribution is 5.87. The predicted octanol–water partition coefficient (Wildman–Crippen LogP) is 5.77. The van der Waals surface area contributed by atoms with Crippen molar-refractivity contribution in [2.75, 3.05) is 6.61 Å². The molecule has 6 nitrogen and oxygen atoms in total. The Labute approximate surface area is 211 Å². The lowest BCUT2D eigenvalue weighted by Gasteiger charge is -2.30. The molecule has 3 aromatic rings. The topological polar surface area (TPSA) is 74.1 Å². The highest BCUT2D eigenvalue weighted by Gasteiger charge is 2.34. The molecule has 0 aliphatic heterocycles. The summed E-state index contributed by atoms with van der Waals surface area (Å²) in [5.41, 5.74) is -0.273. The summed E-state index contributed by atoms with van der Waals surface area (Å²) in [6, 6.07) is 8.40. The van der Waals surface area contributed by atoms with E-state index >= 15 is 0 Å². The van der Waals surface area contributed by atoms with Crippen molar-refractivity contribution in [3.8, 4) is 0 Å². The van der Waals surface area contributed by atoms with E-state index in [-0.39, 0.29) is 41.2 Å². The van der Waals surface area contributed by atoms with Gasteiger partial charge < -0.3 is 4.74 Å². The normalized spacial score (nSPS) is 18.0. The quantitative estimate of drug-likeness (QED) is 0.307. The molecule has 0 amide bonds. The van der Waals surface area contributed by atoms with Crippen LogP contribution in [0.15, 0.2) is 47.4 Å². The van der Waals surface area contributed by atoms with Crippen molar-refractivity contribution in [3.05, 3.63) is 92.4 Å². The molecule has 0 unspecified atom stereocenters. The Bertz CT molecular complexity index is 1330. The van der Waals surface area contributed by atoms with Gasteiger partial charge in [-0.2, -0.15) is 18.3 Å². The van der Waals surface area contributed by atoms with E-state index in [9.17, 15) is 27.2 Å². The third kappa shape index (κ3) is 5.73. The van der Waals surface area contributed by atoms with E-state index in [2.05, 4.69) is 10.1 Å². The van der Waals surface area contributed by atoms with Crippen LogP contribution in [0, 0.1) is 12.7 Å². The van der Waals surface area contributed by atoms with E-state index in [1.807, 2.05) is 13.0 Å². The van der Waals surface area contributed by atoms with E-state index in [1.165, 1.54) is 24.4 Å². The van der Waals surface area contributed by atoms with Crippen LogP contribution < -0.4 is 5.56 Å². The van der Waals surface area contributed by atoms with Crippen molar-refractivity contribution < 1.29 is 27.1 Å². The molecule has 0 atom stereocenters. The first-order valence-electron chi connectivity index (χ1n) is 12.1. The number of aryl methyl sites for hydroxylation is 1. The number of aromatic nitrogens is 3. The van der Waals surface area contributed by atoms with Crippen molar-refractivity contribution in [2.45, 2.75) is 64.1 Å². The molecule has 0 spiro atoms. The van der Waals surface area contributed by atoms with Crippen LogP contribution in [0.1, 0.15) is 82.9 Å². The molecular weight excluding hydrogens is 490 g/mol. The van der Waals surface area contributed by atoms with Crippen LogP contribution in [0.3, 0.4) is 0 Å². The van der Waals surface area contributed by atoms with E-state index in [4.69, 9.17) is 4.74 Å². The van der Waals surface area contributed by atoms with Crippen LogP contribution in [0.25, 0.3) is 0 Å². The van der Waals surface area contributed by atoms with Gasteiger partial charge in [-0.3, -0.25) is 9.78 Å². The third-order valence-electron chi connectivity index (χ3n) is 6.83. The maximum Gasteiger partial charge on any atom is 0.418 e. The van der Waals surface area contributed by atoms with Gasteiger partial charge in [0.25, 0.3) is 5.56 Å². The minimum Gasteiger partial charge on any atom is -0.461 e. The van der Waals surface area contributed by atoms with Crippen LogP contribution in [0.4, 0.5) is 17.6 Å². The Morgan fingerprint density at radius 2 is 1.81 bits per heavy atom. The molecule has 0 saturated heterocycles. The van der Waals surface area contributed by atoms with Crippen LogP contribution in [-0.2, 0) is 17.5 Å². The summed E-state index contributed by atoms with van der Waals surface area (Å²) in [7, 11) is 0. The summed E-state index contributed by atoms with van der Waals surface area (Å²) in [6.07, 6.45) is -1.10. The minimum atomic E-state index is -4.67. The maximum absolute atomic E-state index is 14.5. The Morgan fingerprint density at radius 3 is 2.46 bits per heavy atom. The van der Waals surface area contributed by atoms with Crippen molar-refractivity contribution in [3.63, 3.8) is 0 Å². The summed E-state index contributed by atoms with van der Waals surface area (Å²) in [6.45, 7) is 2.99. The lowest BCUT2D eigenvalue weighted by molar-refractivity contribution is -0.138. The molecule has 0 bridgehead atoms. The SMILES string of the molecule is CCOC(=O)c1cc(C2CCC(c3c(C)cccc3F)CC2)c(=O)n(Cc2ncccc2C(F)(F)F)n1. The highest BCUT2D eigenvalue weighted by atomic mass is 19.4. The maximum atomic E-state index is 14.5. The number of benzene rings is 1. The lowest BCUT2D eigenvalue weighted by Crippen LogP contribution is -2.32. The van der Waals surface area contributed by atoms with Crippen LogP contribution in [-0.4, -0.2) is 27.3 Å². The highest BCUT2D eigenvalue weighted by Crippen LogP contribution is 2.41. The summed E-state index contributed by atoms with van der Waals surface area (Å²) in [4.78, 5) is 29.7. The first-order valence-corrected chi connectivity index (χ1v) is 12.1. The fraction of sp³-hybridized carbons (Fsp3) is 0.407. The third-order valence-corrected chi connectivity index (χ3v) is 6.83. The number of carbonyl (C=O) groups excluding carboxylic acids is 1. The van der Waals surface area contributed by atoms with Gasteiger partial charge in [-0.15, -0.1) is 0 Å². The molecule has 0 radical (unpaired) electrons. The van der Waals surface area contributed by atoms with Crippen LogP contribution in [0.5, 0.6) is 0 Å². The van der Waals surface area contributed by atoms with E-state index in [0.717, 1.165) is 16.3 Å². The van der Waals surface area contributed by atoms with Gasteiger partial charge in [-0.25, -0.2) is 13.9 Å². The number of esters is 1. The Hall–Kier alpha value is -3.56. The predicted molar refractivity (Wildman–Crippen MR) is 128 cm³/mol. The number of rotatable bonds is 6. The number of halogens is 4. The molecule has 37 heavy (non-hydrogen) atoms. The first-order chi connectivity index (χ1) is 17.6. The van der Waals surface area contributed by atoms with E-state index < -0.39 is 29.8 Å². The van der Waals surface area contributed by atoms with Gasteiger partial charge in [-0.05, 0) is 86.8 Å². The molecule has 0 N–H and O–H groups in total. The minimum absolute atomic E-state index is 0.00565. The molecule has 196 valence electrons. The fourth-order valence-electron chi connectivity index (χ4n) is 5.09. The smallest absolute Gasteiger partial charge is 0.418 e. The van der Waals surface area contributed by atoms with Crippen molar-refractivity contribution >= 4 is 5.97 Å². The molecule has 1 saturated carbocycles. The lowest BCUT2D eigenvalue weighted by atomic mass is 9.75. The molecule has 2 heterocycles. The Kier molecular flexibility index (Phi) is 7.75. The molecule has 1 aliphatic carbocycles. The van der Waals surface area contributed by atoms with Gasteiger partial charge in [-0.1, -0.05) is 12.1 Å². The van der Waals surface area contributed by atoms with E-state index in [0.29, 0.717) is 31.2 Å². The number of ether oxygens (including phenoxy) is 1. The Balaban J connectivity index is 1.68. The van der Waals surface area contributed by atoms with Gasteiger partial charge in [0.2, 0.25) is 0 Å². The first kappa shape index (κ1) is 26.5. The number of alkyl halides is 3. The van der Waals surface area contributed by atoms with Crippen molar-refractivity contribution in [1.82, 2.24) is 14.8 Å².